The third kappa shape index (κ3) is 12.6. The molecular formula is C31H47FO. The second-order valence-electron chi connectivity index (χ2n) is 9.42. The summed E-state index contributed by atoms with van der Waals surface area (Å²) in [5.41, 5.74) is 6.48. The maximum atomic E-state index is 12.6. The van der Waals surface area contributed by atoms with Gasteiger partial charge in [-0.15, -0.1) is 0 Å². The van der Waals surface area contributed by atoms with Crippen LogP contribution in [-0.2, 0) is 11.2 Å². The first-order valence-electron chi connectivity index (χ1n) is 12.4. The Balaban J connectivity index is 0.000000433. The van der Waals surface area contributed by atoms with Crippen molar-refractivity contribution in [2.75, 3.05) is 0 Å². The van der Waals surface area contributed by atoms with Crippen molar-refractivity contribution in [1.82, 2.24) is 0 Å². The third-order valence-electron chi connectivity index (χ3n) is 6.36. The van der Waals surface area contributed by atoms with Gasteiger partial charge in [0.25, 0.3) is 0 Å². The number of allylic oxidation sites excluding steroid dienone is 1. The van der Waals surface area contributed by atoms with E-state index >= 15 is 0 Å². The molecule has 0 aliphatic heterocycles. The lowest BCUT2D eigenvalue weighted by Gasteiger charge is -2.37. The zero-order valence-electron chi connectivity index (χ0n) is 22.5. The van der Waals surface area contributed by atoms with Crippen LogP contribution in [0.5, 0.6) is 0 Å². The summed E-state index contributed by atoms with van der Waals surface area (Å²) in [6.45, 7) is 19.7. The molecule has 2 heteroatoms. The normalized spacial score (nSPS) is 13.7. The van der Waals surface area contributed by atoms with Crippen LogP contribution in [0.1, 0.15) is 95.4 Å². The van der Waals surface area contributed by atoms with E-state index in [0.717, 1.165) is 12.0 Å². The van der Waals surface area contributed by atoms with Crippen LogP contribution in [0.15, 0.2) is 54.6 Å². The first-order valence-corrected chi connectivity index (χ1v) is 12.4. The average Bonchev–Trinajstić information content (AvgIpc) is 2.78. The first kappa shape index (κ1) is 30.8. The van der Waals surface area contributed by atoms with Gasteiger partial charge in [0.15, 0.2) is 0 Å². The fraction of sp³-hybridized carbons (Fsp3) is 0.516. The monoisotopic (exact) mass is 454 g/mol. The Labute approximate surface area is 203 Å². The summed E-state index contributed by atoms with van der Waals surface area (Å²) in [5.74, 6) is 0.0509. The summed E-state index contributed by atoms with van der Waals surface area (Å²) in [4.78, 5) is 9.44. The topological polar surface area (TPSA) is 17.1 Å². The van der Waals surface area contributed by atoms with Gasteiger partial charge in [0.1, 0.15) is 11.6 Å². The first-order chi connectivity index (χ1) is 15.5. The Bertz CT molecular complexity index is 840. The van der Waals surface area contributed by atoms with Gasteiger partial charge < -0.3 is 4.79 Å². The number of carbonyl (C=O) groups is 1. The number of hydrogen-bond acceptors (Lipinski definition) is 1. The highest BCUT2D eigenvalue weighted by Gasteiger charge is 2.30. The predicted octanol–water partition coefficient (Wildman–Crippen LogP) is 9.52. The van der Waals surface area contributed by atoms with E-state index < -0.39 is 0 Å². The van der Waals surface area contributed by atoms with Gasteiger partial charge >= 0.3 is 0 Å². The molecular weight excluding hydrogens is 407 g/mol. The highest BCUT2D eigenvalue weighted by molar-refractivity contribution is 5.72. The lowest BCUT2D eigenvalue weighted by molar-refractivity contribution is -0.114. The molecule has 0 bridgehead atoms. The summed E-state index contributed by atoms with van der Waals surface area (Å²) in [6.07, 6.45) is 9.49. The number of halogens is 1. The van der Waals surface area contributed by atoms with E-state index in [2.05, 4.69) is 58.5 Å². The smallest absolute Gasteiger partial charge is 0.126 e. The fourth-order valence-electron chi connectivity index (χ4n) is 4.02. The Morgan fingerprint density at radius 3 is 1.79 bits per heavy atom. The number of aryl methyl sites for hydroxylation is 4. The molecule has 0 saturated heterocycles. The Hall–Kier alpha value is -2.22. The summed E-state index contributed by atoms with van der Waals surface area (Å²) in [7, 11) is 0. The maximum absolute atomic E-state index is 12.6. The molecule has 1 fully saturated rings. The number of ketones is 1. The van der Waals surface area contributed by atoms with Gasteiger partial charge in [0, 0.05) is 0 Å². The molecule has 1 saturated carbocycles. The van der Waals surface area contributed by atoms with Crippen molar-refractivity contribution in [1.29, 1.82) is 0 Å². The van der Waals surface area contributed by atoms with E-state index in [-0.39, 0.29) is 11.6 Å². The summed E-state index contributed by atoms with van der Waals surface area (Å²) < 4.78 is 12.6. The molecule has 184 valence electrons. The number of carbonyl (C=O) groups excluding carboxylic acids is 1. The minimum atomic E-state index is -0.116. The number of rotatable bonds is 3. The van der Waals surface area contributed by atoms with Crippen molar-refractivity contribution in [2.45, 2.75) is 100 Å². The molecule has 2 aromatic carbocycles. The molecule has 1 aliphatic carbocycles. The third-order valence-corrected chi connectivity index (χ3v) is 6.36. The highest BCUT2D eigenvalue weighted by Crippen LogP contribution is 2.44. The lowest BCUT2D eigenvalue weighted by Crippen LogP contribution is -2.23. The average molecular weight is 455 g/mol. The molecule has 0 aromatic heterocycles. The van der Waals surface area contributed by atoms with Crippen LogP contribution < -0.4 is 0 Å². The summed E-state index contributed by atoms with van der Waals surface area (Å²) in [5, 5.41) is 0. The molecule has 3 rings (SSSR count). The van der Waals surface area contributed by atoms with E-state index in [1.165, 1.54) is 75.1 Å². The van der Waals surface area contributed by atoms with Crippen LogP contribution in [0, 0.1) is 32.0 Å². The molecule has 1 aliphatic rings. The predicted molar refractivity (Wildman–Crippen MR) is 143 cm³/mol. The van der Waals surface area contributed by atoms with Gasteiger partial charge in [-0.2, -0.15) is 0 Å². The van der Waals surface area contributed by atoms with Crippen molar-refractivity contribution < 1.29 is 9.18 Å². The molecule has 1 nitrogen and oxygen atoms in total. The van der Waals surface area contributed by atoms with E-state index in [1.54, 1.807) is 13.0 Å². The maximum Gasteiger partial charge on any atom is 0.126 e. The SMILES string of the molecule is C=C(C)C1(CC)CCCCC1.CC(C)=O.CCc1ccccc1C.Cc1ccc(C)c(F)c1. The molecule has 0 atom stereocenters. The van der Waals surface area contributed by atoms with Crippen molar-refractivity contribution in [3.8, 4) is 0 Å². The molecule has 0 radical (unpaired) electrons. The minimum Gasteiger partial charge on any atom is -0.300 e. The van der Waals surface area contributed by atoms with Crippen molar-refractivity contribution in [2.24, 2.45) is 5.41 Å². The molecule has 0 N–H and O–H groups in total. The second-order valence-corrected chi connectivity index (χ2v) is 9.42. The number of Topliss-reactive ketones (excluding diaryl/α,β-unsaturated/α-hetero) is 1. The Morgan fingerprint density at radius 2 is 1.45 bits per heavy atom. The van der Waals surface area contributed by atoms with Crippen LogP contribution in [0.4, 0.5) is 4.39 Å². The van der Waals surface area contributed by atoms with Crippen LogP contribution >= 0.6 is 0 Å². The van der Waals surface area contributed by atoms with E-state index in [9.17, 15) is 9.18 Å². The number of benzene rings is 2. The van der Waals surface area contributed by atoms with E-state index in [0.29, 0.717) is 11.0 Å². The van der Waals surface area contributed by atoms with Crippen molar-refractivity contribution in [3.05, 3.63) is 82.7 Å². The Morgan fingerprint density at radius 1 is 0.909 bits per heavy atom. The van der Waals surface area contributed by atoms with Gasteiger partial charge in [0.05, 0.1) is 0 Å². The zero-order valence-corrected chi connectivity index (χ0v) is 22.5. The summed E-state index contributed by atoms with van der Waals surface area (Å²) in [6, 6.07) is 13.7. The van der Waals surface area contributed by atoms with Crippen LogP contribution in [0.2, 0.25) is 0 Å². The lowest BCUT2D eigenvalue weighted by atomic mass is 9.68. The quantitative estimate of drug-likeness (QED) is 0.422. The minimum absolute atomic E-state index is 0.116. The fourth-order valence-corrected chi connectivity index (χ4v) is 4.02. The van der Waals surface area contributed by atoms with Crippen LogP contribution in [-0.4, -0.2) is 5.78 Å². The second kappa shape index (κ2) is 16.4. The van der Waals surface area contributed by atoms with Gasteiger partial charge in [0.2, 0.25) is 0 Å². The standard InChI is InChI=1S/C11H20.C9H12.C8H9F.C3H6O/c1-4-11(10(2)3)8-6-5-7-9-11;1-3-9-7-5-4-6-8(9)2;1-6-3-4-7(2)8(9)5-6;1-3(2)4/h2,4-9H2,1,3H3;4-7H,3H2,1-2H3;3-5H,1-2H3;1-2H3. The van der Waals surface area contributed by atoms with Gasteiger partial charge in [-0.05, 0) is 101 Å². The molecule has 0 amide bonds. The molecule has 2 aromatic rings. The van der Waals surface area contributed by atoms with Crippen LogP contribution in [0.25, 0.3) is 0 Å². The van der Waals surface area contributed by atoms with Crippen LogP contribution in [0.3, 0.4) is 0 Å². The van der Waals surface area contributed by atoms with Gasteiger partial charge in [-0.25, -0.2) is 4.39 Å². The van der Waals surface area contributed by atoms with Crippen molar-refractivity contribution in [3.63, 3.8) is 0 Å². The van der Waals surface area contributed by atoms with E-state index in [1.807, 2.05) is 13.0 Å². The molecule has 0 unspecified atom stereocenters. The highest BCUT2D eigenvalue weighted by atomic mass is 19.1. The summed E-state index contributed by atoms with van der Waals surface area (Å²) >= 11 is 0. The van der Waals surface area contributed by atoms with E-state index in [4.69, 9.17) is 0 Å². The van der Waals surface area contributed by atoms with Gasteiger partial charge in [-0.3, -0.25) is 0 Å². The zero-order chi connectivity index (χ0) is 25.4. The molecule has 0 heterocycles. The van der Waals surface area contributed by atoms with Crippen molar-refractivity contribution >= 4 is 5.78 Å². The molecule has 33 heavy (non-hydrogen) atoms. The van der Waals surface area contributed by atoms with Gasteiger partial charge in [-0.1, -0.05) is 81.7 Å². The largest absolute Gasteiger partial charge is 0.300 e. The Kier molecular flexibility index (Phi) is 15.3. The molecule has 0 spiro atoms. The number of hydrogen-bond donors (Lipinski definition) is 0.